The predicted octanol–water partition coefficient (Wildman–Crippen LogP) is 2.89. The third-order valence-corrected chi connectivity index (χ3v) is 3.04. The molecule has 2 rings (SSSR count). The first-order valence-corrected chi connectivity index (χ1v) is 6.07. The van der Waals surface area contributed by atoms with Crippen LogP contribution in [0, 0.1) is 17.0 Å². The molecule has 0 amide bonds. The summed E-state index contributed by atoms with van der Waals surface area (Å²) in [5.74, 6) is -1.10. The van der Waals surface area contributed by atoms with E-state index in [-0.39, 0.29) is 17.2 Å². The Bertz CT molecular complexity index is 624. The van der Waals surface area contributed by atoms with Gasteiger partial charge in [0.25, 0.3) is 0 Å². The molecule has 0 aliphatic carbocycles. The van der Waals surface area contributed by atoms with Crippen LogP contribution < -0.4 is 10.6 Å². The van der Waals surface area contributed by atoms with Crippen LogP contribution in [0.4, 0.5) is 14.5 Å². The van der Waals surface area contributed by atoms with E-state index in [0.717, 1.165) is 5.69 Å². The van der Waals surface area contributed by atoms with Crippen molar-refractivity contribution in [3.63, 3.8) is 0 Å². The summed E-state index contributed by atoms with van der Waals surface area (Å²) in [5, 5.41) is 7.33. The first kappa shape index (κ1) is 14.0. The van der Waals surface area contributed by atoms with Crippen LogP contribution in [0.25, 0.3) is 0 Å². The number of nitrogens with two attached hydrogens (primary N) is 1. The van der Waals surface area contributed by atoms with Crippen molar-refractivity contribution >= 4 is 11.5 Å². The highest BCUT2D eigenvalue weighted by atomic mass is 19.1. The van der Waals surface area contributed by atoms with Crippen molar-refractivity contribution in [2.24, 2.45) is 5.73 Å². The molecule has 0 heterocycles. The molecule has 2 aromatic rings. The summed E-state index contributed by atoms with van der Waals surface area (Å²) in [6.07, 6.45) is 0. The van der Waals surface area contributed by atoms with Crippen molar-refractivity contribution in [2.45, 2.75) is 6.54 Å². The van der Waals surface area contributed by atoms with Crippen molar-refractivity contribution in [2.75, 3.05) is 11.9 Å². The zero-order valence-electron chi connectivity index (χ0n) is 11.0. The van der Waals surface area contributed by atoms with Gasteiger partial charge in [-0.1, -0.05) is 12.1 Å². The van der Waals surface area contributed by atoms with Gasteiger partial charge in [-0.15, -0.1) is 0 Å². The van der Waals surface area contributed by atoms with E-state index in [1.165, 1.54) is 18.2 Å². The van der Waals surface area contributed by atoms with Gasteiger partial charge >= 0.3 is 0 Å². The lowest BCUT2D eigenvalue weighted by atomic mass is 10.1. The maximum atomic E-state index is 14.2. The molecular formula is C15H15F2N3. The molecule has 0 unspecified atom stereocenters. The van der Waals surface area contributed by atoms with Gasteiger partial charge in [-0.25, -0.2) is 8.78 Å². The lowest BCUT2D eigenvalue weighted by molar-refractivity contribution is 0.604. The number of nitrogen functional groups attached to an aromatic ring is 1. The van der Waals surface area contributed by atoms with Crippen LogP contribution in [0.5, 0.6) is 0 Å². The second-order valence-electron chi connectivity index (χ2n) is 4.52. The molecule has 104 valence electrons. The summed E-state index contributed by atoms with van der Waals surface area (Å²) in [7, 11) is 1.78. The maximum Gasteiger partial charge on any atom is 0.139 e. The maximum absolute atomic E-state index is 14.2. The third-order valence-electron chi connectivity index (χ3n) is 3.04. The van der Waals surface area contributed by atoms with Crippen LogP contribution in [0.3, 0.4) is 0 Å². The highest BCUT2D eigenvalue weighted by Gasteiger charge is 2.12. The smallest absolute Gasteiger partial charge is 0.139 e. The number of anilines is 1. The van der Waals surface area contributed by atoms with E-state index in [1.807, 2.05) is 0 Å². The van der Waals surface area contributed by atoms with E-state index >= 15 is 0 Å². The van der Waals surface area contributed by atoms with E-state index in [2.05, 4.69) is 0 Å². The number of benzene rings is 2. The molecule has 0 radical (unpaired) electrons. The van der Waals surface area contributed by atoms with E-state index < -0.39 is 5.82 Å². The molecule has 0 saturated carbocycles. The Labute approximate surface area is 116 Å². The lowest BCUT2D eigenvalue weighted by Gasteiger charge is -2.20. The Balaban J connectivity index is 2.23. The lowest BCUT2D eigenvalue weighted by Crippen LogP contribution is -2.19. The van der Waals surface area contributed by atoms with Crippen molar-refractivity contribution in [1.29, 1.82) is 5.41 Å². The Hall–Kier alpha value is -2.43. The number of amidine groups is 1. The first-order valence-electron chi connectivity index (χ1n) is 6.07. The fraction of sp³-hybridized carbons (Fsp3) is 0.133. The second-order valence-corrected chi connectivity index (χ2v) is 4.52. The predicted molar refractivity (Wildman–Crippen MR) is 75.9 cm³/mol. The summed E-state index contributed by atoms with van der Waals surface area (Å²) in [6.45, 7) is 0.304. The number of hydrogen-bond donors (Lipinski definition) is 2. The van der Waals surface area contributed by atoms with Gasteiger partial charge in [0.05, 0.1) is 5.56 Å². The van der Waals surface area contributed by atoms with Crippen LogP contribution in [0.2, 0.25) is 0 Å². The van der Waals surface area contributed by atoms with E-state index in [1.54, 1.807) is 36.2 Å². The second kappa shape index (κ2) is 5.69. The molecule has 0 bridgehead atoms. The average molecular weight is 275 g/mol. The number of rotatable bonds is 4. The van der Waals surface area contributed by atoms with Crippen molar-refractivity contribution in [3.05, 3.63) is 65.2 Å². The molecule has 20 heavy (non-hydrogen) atoms. The summed E-state index contributed by atoms with van der Waals surface area (Å²) in [5.41, 5.74) is 6.63. The Morgan fingerprint density at radius 2 is 1.80 bits per heavy atom. The first-order chi connectivity index (χ1) is 9.49. The molecule has 0 spiro atoms. The highest BCUT2D eigenvalue weighted by Crippen LogP contribution is 2.19. The fourth-order valence-electron chi connectivity index (χ4n) is 1.95. The highest BCUT2D eigenvalue weighted by molar-refractivity contribution is 5.95. The largest absolute Gasteiger partial charge is 0.384 e. The third kappa shape index (κ3) is 2.93. The molecule has 3 nitrogen and oxygen atoms in total. The molecule has 0 aliphatic heterocycles. The monoisotopic (exact) mass is 275 g/mol. The zero-order valence-corrected chi connectivity index (χ0v) is 11.0. The van der Waals surface area contributed by atoms with Gasteiger partial charge in [0.15, 0.2) is 0 Å². The number of nitrogens with one attached hydrogen (secondary N) is 1. The zero-order chi connectivity index (χ0) is 14.7. The minimum atomic E-state index is -0.492. The molecule has 5 heteroatoms. The van der Waals surface area contributed by atoms with E-state index in [0.29, 0.717) is 12.1 Å². The standard InChI is InChI=1S/C15H15F2N3/c1-20(12-7-5-11(16)6-8-12)9-10-3-2-4-13(14(10)17)15(18)19/h2-8H,9H2,1H3,(H3,18,19). The molecule has 0 atom stereocenters. The van der Waals surface area contributed by atoms with Crippen molar-refractivity contribution in [1.82, 2.24) is 0 Å². The van der Waals surface area contributed by atoms with Crippen LogP contribution in [-0.2, 0) is 6.54 Å². The van der Waals surface area contributed by atoms with Crippen LogP contribution in [0.1, 0.15) is 11.1 Å². The number of nitrogens with zero attached hydrogens (tertiary/aromatic N) is 1. The van der Waals surface area contributed by atoms with Gasteiger partial charge in [0, 0.05) is 24.8 Å². The molecule has 3 N–H and O–H groups in total. The average Bonchev–Trinajstić information content (AvgIpc) is 2.41. The fourth-order valence-corrected chi connectivity index (χ4v) is 1.95. The summed E-state index contributed by atoms with van der Waals surface area (Å²) in [6, 6.07) is 10.7. The van der Waals surface area contributed by atoms with Crippen molar-refractivity contribution < 1.29 is 8.78 Å². The van der Waals surface area contributed by atoms with E-state index in [9.17, 15) is 8.78 Å². The summed E-state index contributed by atoms with van der Waals surface area (Å²) < 4.78 is 27.0. The van der Waals surface area contributed by atoms with Gasteiger partial charge in [0.2, 0.25) is 0 Å². The SMILES string of the molecule is CN(Cc1cccc(C(=N)N)c1F)c1ccc(F)cc1. The van der Waals surface area contributed by atoms with Gasteiger partial charge < -0.3 is 10.6 Å². The van der Waals surface area contributed by atoms with Crippen LogP contribution in [-0.4, -0.2) is 12.9 Å². The van der Waals surface area contributed by atoms with E-state index in [4.69, 9.17) is 11.1 Å². The van der Waals surface area contributed by atoms with Gasteiger partial charge in [-0.05, 0) is 30.3 Å². The Kier molecular flexibility index (Phi) is 3.98. The minimum Gasteiger partial charge on any atom is -0.384 e. The van der Waals surface area contributed by atoms with Gasteiger partial charge in [-0.2, -0.15) is 0 Å². The Morgan fingerprint density at radius 1 is 1.15 bits per heavy atom. The molecular weight excluding hydrogens is 260 g/mol. The van der Waals surface area contributed by atoms with Crippen LogP contribution >= 0.6 is 0 Å². The molecule has 0 aliphatic rings. The van der Waals surface area contributed by atoms with Crippen LogP contribution in [0.15, 0.2) is 42.5 Å². The molecule has 2 aromatic carbocycles. The molecule has 0 saturated heterocycles. The quantitative estimate of drug-likeness (QED) is 0.666. The van der Waals surface area contributed by atoms with Crippen molar-refractivity contribution in [3.8, 4) is 0 Å². The summed E-state index contributed by atoms with van der Waals surface area (Å²) >= 11 is 0. The number of halogens is 2. The van der Waals surface area contributed by atoms with Gasteiger partial charge in [-0.3, -0.25) is 5.41 Å². The molecule has 0 fully saturated rings. The topological polar surface area (TPSA) is 53.1 Å². The van der Waals surface area contributed by atoms with Gasteiger partial charge in [0.1, 0.15) is 17.5 Å². The Morgan fingerprint density at radius 3 is 2.40 bits per heavy atom. The molecule has 0 aromatic heterocycles. The normalized spacial score (nSPS) is 10.3. The minimum absolute atomic E-state index is 0.0926. The number of hydrogen-bond acceptors (Lipinski definition) is 2. The summed E-state index contributed by atoms with van der Waals surface area (Å²) in [4.78, 5) is 1.79.